The molecule has 1 fully saturated rings. The van der Waals surface area contributed by atoms with E-state index in [4.69, 9.17) is 4.74 Å². The predicted molar refractivity (Wildman–Crippen MR) is 87.6 cm³/mol. The zero-order valence-electron chi connectivity index (χ0n) is 12.9. The molecule has 1 aromatic heterocycles. The number of benzene rings is 1. The average Bonchev–Trinajstić information content (AvgIpc) is 3.19. The lowest BCUT2D eigenvalue weighted by Gasteiger charge is -2.14. The third-order valence-corrected chi connectivity index (χ3v) is 4.86. The van der Waals surface area contributed by atoms with Crippen molar-refractivity contribution in [1.29, 1.82) is 0 Å². The van der Waals surface area contributed by atoms with E-state index in [0.29, 0.717) is 17.7 Å². The van der Waals surface area contributed by atoms with Crippen molar-refractivity contribution in [1.82, 2.24) is 15.6 Å². The molecule has 23 heavy (non-hydrogen) atoms. The van der Waals surface area contributed by atoms with Crippen molar-refractivity contribution in [3.63, 3.8) is 0 Å². The van der Waals surface area contributed by atoms with E-state index in [1.54, 1.807) is 14.2 Å². The summed E-state index contributed by atoms with van der Waals surface area (Å²) in [6.45, 7) is 0. The molecule has 2 N–H and O–H groups in total. The molecule has 0 bridgehead atoms. The molecule has 3 rings (SSSR count). The summed E-state index contributed by atoms with van der Waals surface area (Å²) in [4.78, 5) is 28.9. The van der Waals surface area contributed by atoms with Crippen LogP contribution in [0.2, 0.25) is 0 Å². The van der Waals surface area contributed by atoms with Crippen LogP contribution in [0, 0.1) is 0 Å². The van der Waals surface area contributed by atoms with E-state index in [1.807, 2.05) is 24.3 Å². The first-order chi connectivity index (χ1) is 11.1. The Hall–Kier alpha value is -2.41. The molecule has 1 aromatic carbocycles. The second-order valence-corrected chi connectivity index (χ2v) is 6.41. The highest BCUT2D eigenvalue weighted by Gasteiger charge is 2.50. The zero-order chi connectivity index (χ0) is 16.4. The Morgan fingerprint density at radius 3 is 2.78 bits per heavy atom. The van der Waals surface area contributed by atoms with Gasteiger partial charge in [-0.2, -0.15) is 0 Å². The molecule has 0 saturated heterocycles. The molecule has 1 aliphatic rings. The Kier molecular flexibility index (Phi) is 4.04. The van der Waals surface area contributed by atoms with Crippen LogP contribution in [0.25, 0.3) is 10.6 Å². The summed E-state index contributed by atoms with van der Waals surface area (Å²) in [6.07, 6.45) is 2.87. The Labute approximate surface area is 137 Å². The lowest BCUT2D eigenvalue weighted by molar-refractivity contribution is -0.123. The lowest BCUT2D eigenvalue weighted by atomic mass is 10.2. The maximum Gasteiger partial charge on any atom is 0.263 e. The van der Waals surface area contributed by atoms with Crippen LogP contribution in [0.3, 0.4) is 0 Å². The Bertz CT molecular complexity index is 753. The van der Waals surface area contributed by atoms with Crippen LogP contribution >= 0.6 is 11.3 Å². The van der Waals surface area contributed by atoms with Crippen LogP contribution < -0.4 is 15.4 Å². The minimum atomic E-state index is -0.744. The smallest absolute Gasteiger partial charge is 0.263 e. The van der Waals surface area contributed by atoms with Crippen molar-refractivity contribution in [2.75, 3.05) is 14.2 Å². The van der Waals surface area contributed by atoms with E-state index in [2.05, 4.69) is 15.6 Å². The molecule has 2 amide bonds. The first-order valence-electron chi connectivity index (χ1n) is 7.23. The summed E-state index contributed by atoms with van der Waals surface area (Å²) in [5.74, 6) is 0.321. The number of aromatic nitrogens is 1. The van der Waals surface area contributed by atoms with Gasteiger partial charge in [0.25, 0.3) is 5.91 Å². The number of methoxy groups -OCH3 is 1. The Balaban J connectivity index is 1.76. The van der Waals surface area contributed by atoms with Crippen LogP contribution in [0.1, 0.15) is 22.5 Å². The van der Waals surface area contributed by atoms with Gasteiger partial charge in [-0.1, -0.05) is 12.1 Å². The molecule has 120 valence electrons. The highest BCUT2D eigenvalue weighted by Crippen LogP contribution is 2.36. The molecule has 0 aliphatic heterocycles. The molecule has 0 unspecified atom stereocenters. The maximum atomic E-state index is 12.3. The Morgan fingerprint density at radius 2 is 2.13 bits per heavy atom. The van der Waals surface area contributed by atoms with E-state index in [9.17, 15) is 9.59 Å². The van der Waals surface area contributed by atoms with Crippen molar-refractivity contribution in [3.05, 3.63) is 35.3 Å². The number of thiazole rings is 1. The average molecular weight is 331 g/mol. The van der Waals surface area contributed by atoms with Gasteiger partial charge in [-0.25, -0.2) is 4.98 Å². The van der Waals surface area contributed by atoms with Gasteiger partial charge in [0.2, 0.25) is 5.91 Å². The quantitative estimate of drug-likeness (QED) is 0.876. The first-order valence-corrected chi connectivity index (χ1v) is 8.04. The van der Waals surface area contributed by atoms with Gasteiger partial charge in [-0.3, -0.25) is 9.59 Å². The van der Waals surface area contributed by atoms with Gasteiger partial charge in [0, 0.05) is 12.6 Å². The fourth-order valence-electron chi connectivity index (χ4n) is 2.32. The molecule has 1 aliphatic carbocycles. The molecule has 1 saturated carbocycles. The van der Waals surface area contributed by atoms with E-state index in [-0.39, 0.29) is 11.8 Å². The highest BCUT2D eigenvalue weighted by atomic mass is 32.1. The molecule has 0 atom stereocenters. The van der Waals surface area contributed by atoms with E-state index in [1.165, 1.54) is 17.5 Å². The SMILES string of the molecule is CNC(=O)C1(NC(=O)c2cnc(-c3cccc(OC)c3)s2)CC1. The summed E-state index contributed by atoms with van der Waals surface area (Å²) in [7, 11) is 3.18. The number of nitrogens with one attached hydrogen (secondary N) is 2. The highest BCUT2D eigenvalue weighted by molar-refractivity contribution is 7.16. The normalized spacial score (nSPS) is 14.9. The van der Waals surface area contributed by atoms with Gasteiger partial charge in [-0.15, -0.1) is 11.3 Å². The van der Waals surface area contributed by atoms with Crippen molar-refractivity contribution in [3.8, 4) is 16.3 Å². The zero-order valence-corrected chi connectivity index (χ0v) is 13.7. The maximum absolute atomic E-state index is 12.3. The van der Waals surface area contributed by atoms with Gasteiger partial charge in [-0.05, 0) is 25.0 Å². The third-order valence-electron chi connectivity index (χ3n) is 3.81. The minimum absolute atomic E-state index is 0.150. The molecule has 7 heteroatoms. The number of nitrogens with zero attached hydrogens (tertiary/aromatic N) is 1. The van der Waals surface area contributed by atoms with Crippen molar-refractivity contribution < 1.29 is 14.3 Å². The largest absolute Gasteiger partial charge is 0.497 e. The second-order valence-electron chi connectivity index (χ2n) is 5.38. The molecule has 6 nitrogen and oxygen atoms in total. The number of hydrogen-bond acceptors (Lipinski definition) is 5. The fraction of sp³-hybridized carbons (Fsp3) is 0.312. The summed E-state index contributed by atoms with van der Waals surface area (Å²) < 4.78 is 5.20. The Morgan fingerprint density at radius 1 is 1.35 bits per heavy atom. The fourth-order valence-corrected chi connectivity index (χ4v) is 3.13. The minimum Gasteiger partial charge on any atom is -0.497 e. The molecule has 0 radical (unpaired) electrons. The van der Waals surface area contributed by atoms with Gasteiger partial charge < -0.3 is 15.4 Å². The summed E-state index contributed by atoms with van der Waals surface area (Å²) in [5, 5.41) is 6.14. The summed E-state index contributed by atoms with van der Waals surface area (Å²) in [5.41, 5.74) is 0.146. The van der Waals surface area contributed by atoms with Crippen LogP contribution in [0.5, 0.6) is 5.75 Å². The summed E-state index contributed by atoms with van der Waals surface area (Å²) >= 11 is 1.29. The number of carbonyl (C=O) groups excluding carboxylic acids is 2. The molecule has 0 spiro atoms. The van der Waals surface area contributed by atoms with Crippen molar-refractivity contribution in [2.24, 2.45) is 0 Å². The monoisotopic (exact) mass is 331 g/mol. The molecule has 1 heterocycles. The standard InChI is InChI=1S/C16H17N3O3S/c1-17-15(21)16(6-7-16)19-13(20)12-9-18-14(23-12)10-4-3-5-11(8-10)22-2/h3-5,8-9H,6-7H2,1-2H3,(H,17,21)(H,19,20). The van der Waals surface area contributed by atoms with Crippen molar-refractivity contribution in [2.45, 2.75) is 18.4 Å². The number of hydrogen-bond donors (Lipinski definition) is 2. The second kappa shape index (κ2) is 6.00. The van der Waals surface area contributed by atoms with Gasteiger partial charge in [0.05, 0.1) is 13.3 Å². The van der Waals surface area contributed by atoms with Gasteiger partial charge in [0.15, 0.2) is 0 Å². The number of amides is 2. The third kappa shape index (κ3) is 3.05. The first kappa shape index (κ1) is 15.5. The summed E-state index contributed by atoms with van der Waals surface area (Å²) in [6, 6.07) is 7.51. The van der Waals surface area contributed by atoms with Crippen molar-refractivity contribution >= 4 is 23.2 Å². The number of ether oxygens (including phenoxy) is 1. The molecule has 2 aromatic rings. The number of rotatable bonds is 5. The van der Waals surface area contributed by atoms with Crippen LogP contribution in [0.15, 0.2) is 30.5 Å². The van der Waals surface area contributed by atoms with E-state index >= 15 is 0 Å². The number of carbonyl (C=O) groups is 2. The van der Waals surface area contributed by atoms with Crippen LogP contribution in [-0.4, -0.2) is 36.5 Å². The molecular formula is C16H17N3O3S. The van der Waals surface area contributed by atoms with Crippen LogP contribution in [-0.2, 0) is 4.79 Å². The number of likely N-dealkylation sites (N-methyl/N-ethyl adjacent to an activating group) is 1. The molecular weight excluding hydrogens is 314 g/mol. The van der Waals surface area contributed by atoms with E-state index < -0.39 is 5.54 Å². The predicted octanol–water partition coefficient (Wildman–Crippen LogP) is 1.83. The topological polar surface area (TPSA) is 80.3 Å². The lowest BCUT2D eigenvalue weighted by Crippen LogP contribution is -2.47. The van der Waals surface area contributed by atoms with Gasteiger partial charge >= 0.3 is 0 Å². The van der Waals surface area contributed by atoms with Gasteiger partial charge in [0.1, 0.15) is 21.2 Å². The van der Waals surface area contributed by atoms with E-state index in [0.717, 1.165) is 16.3 Å². The van der Waals surface area contributed by atoms with Crippen LogP contribution in [0.4, 0.5) is 0 Å².